The molecule has 0 aromatic heterocycles. The predicted octanol–water partition coefficient (Wildman–Crippen LogP) is 3.95. The second kappa shape index (κ2) is 8.16. The number of carboxylic acids is 1. The predicted molar refractivity (Wildman–Crippen MR) is 112 cm³/mol. The molecule has 2 rings (SSSR count). The highest BCUT2D eigenvalue weighted by Gasteiger charge is 2.16. The van der Waals surface area contributed by atoms with Crippen molar-refractivity contribution in [3.63, 3.8) is 0 Å². The minimum atomic E-state index is -1.02. The van der Waals surface area contributed by atoms with E-state index in [9.17, 15) is 9.90 Å². The number of aliphatic carboxylic acids is 1. The minimum absolute atomic E-state index is 0.209. The van der Waals surface area contributed by atoms with Crippen LogP contribution in [0.3, 0.4) is 0 Å². The number of benzene rings is 2. The number of hydrogen-bond acceptors (Lipinski definition) is 4. The number of rotatable bonds is 5. The third-order valence-electron chi connectivity index (χ3n) is 2.97. The monoisotopic (exact) mass is 645 g/mol. The highest BCUT2D eigenvalue weighted by atomic mass is 125. The average Bonchev–Trinajstić information content (AvgIpc) is 2.46. The third-order valence-corrected chi connectivity index (χ3v) is 5.44. The van der Waals surface area contributed by atoms with E-state index in [2.05, 4.69) is 45.2 Å². The second-order valence-electron chi connectivity index (χ2n) is 4.75. The van der Waals surface area contributed by atoms with Crippen LogP contribution in [-0.2, 0) is 11.2 Å². The maximum Gasteiger partial charge on any atom is 0.320 e. The fourth-order valence-electron chi connectivity index (χ4n) is 1.84. The number of phenolic OH excluding ortho intramolecular Hbond substituents is 1. The molecule has 2 aromatic rings. The molecule has 122 valence electrons. The van der Waals surface area contributed by atoms with Crippen molar-refractivity contribution in [2.75, 3.05) is 0 Å². The molecule has 0 aliphatic carbocycles. The fourth-order valence-corrected chi connectivity index (χ4v) is 4.44. The maximum atomic E-state index is 10.9. The van der Waals surface area contributed by atoms with Crippen LogP contribution >= 0.6 is 67.8 Å². The Labute approximate surface area is 174 Å². The van der Waals surface area contributed by atoms with Gasteiger partial charge >= 0.3 is 5.97 Å². The summed E-state index contributed by atoms with van der Waals surface area (Å²) in [6.45, 7) is 0. The first-order chi connectivity index (χ1) is 10.8. The topological polar surface area (TPSA) is 92.8 Å². The zero-order valence-electron chi connectivity index (χ0n) is 11.6. The maximum absolute atomic E-state index is 10.9. The number of phenols is 1. The van der Waals surface area contributed by atoms with Gasteiger partial charge in [-0.15, -0.1) is 0 Å². The van der Waals surface area contributed by atoms with Crippen molar-refractivity contribution in [3.05, 3.63) is 46.6 Å². The minimum Gasteiger partial charge on any atom is -0.507 e. The van der Waals surface area contributed by atoms with Gasteiger partial charge in [-0.2, -0.15) is 0 Å². The molecule has 0 fully saturated rings. The molecule has 0 radical (unpaired) electrons. The largest absolute Gasteiger partial charge is 0.507 e. The highest BCUT2D eigenvalue weighted by molar-refractivity contribution is 14.1. The first kappa shape index (κ1) is 19.0. The Bertz CT molecular complexity index is 728. The normalized spacial score (nSPS) is 12.0. The highest BCUT2D eigenvalue weighted by Crippen LogP contribution is 2.34. The van der Waals surface area contributed by atoms with E-state index >= 15 is 0 Å². The molecule has 8 heteroatoms. The molecular formula is C15H12I3NO4. The Morgan fingerprint density at radius 1 is 1.13 bits per heavy atom. The summed E-state index contributed by atoms with van der Waals surface area (Å²) in [5, 5.41) is 18.5. The van der Waals surface area contributed by atoms with Crippen LogP contribution in [0.15, 0.2) is 30.3 Å². The zero-order valence-corrected chi connectivity index (χ0v) is 18.1. The van der Waals surface area contributed by atoms with Crippen molar-refractivity contribution in [2.45, 2.75) is 12.5 Å². The van der Waals surface area contributed by atoms with Crippen LogP contribution in [0.4, 0.5) is 0 Å². The van der Waals surface area contributed by atoms with Gasteiger partial charge in [-0.25, -0.2) is 0 Å². The SMILES string of the molecule is NC(Cc1cc([125I])c(Oc2ccc(O)c([125I])c2)c([125I])c1)C(=O)O. The van der Waals surface area contributed by atoms with Crippen LogP contribution in [-0.4, -0.2) is 22.2 Å². The van der Waals surface area contributed by atoms with Crippen LogP contribution < -0.4 is 10.5 Å². The number of nitrogens with two attached hydrogens (primary N) is 1. The van der Waals surface area contributed by atoms with E-state index in [1.807, 2.05) is 34.7 Å². The van der Waals surface area contributed by atoms with E-state index in [0.717, 1.165) is 12.7 Å². The summed E-state index contributed by atoms with van der Waals surface area (Å²) in [6.07, 6.45) is 0.263. The third kappa shape index (κ3) is 5.06. The van der Waals surface area contributed by atoms with Crippen LogP contribution in [0.1, 0.15) is 5.56 Å². The lowest BCUT2D eigenvalue weighted by atomic mass is 10.1. The summed E-state index contributed by atoms with van der Waals surface area (Å²) in [4.78, 5) is 10.9. The van der Waals surface area contributed by atoms with E-state index in [0.29, 0.717) is 15.1 Å². The lowest BCUT2D eigenvalue weighted by molar-refractivity contribution is -0.138. The van der Waals surface area contributed by atoms with Gasteiger partial charge in [0.2, 0.25) is 0 Å². The second-order valence-corrected chi connectivity index (χ2v) is 8.24. The fraction of sp³-hybridized carbons (Fsp3) is 0.133. The van der Waals surface area contributed by atoms with Crippen molar-refractivity contribution in [1.29, 1.82) is 0 Å². The molecule has 0 saturated carbocycles. The standard InChI is InChI=1S/C15H12I3NO4/c16-9-6-8(1-2-13(9)20)23-14-10(17)3-7(4-11(14)18)5-12(19)15(21)22/h1-4,6,12,20H,5,19H2,(H,21,22)/i16-2,17-2,18-2. The average molecular weight is 645 g/mol. The Hall–Kier alpha value is -0.340. The summed E-state index contributed by atoms with van der Waals surface area (Å²) < 4.78 is 8.34. The van der Waals surface area contributed by atoms with Crippen molar-refractivity contribution in [2.24, 2.45) is 5.73 Å². The number of ether oxygens (including phenoxy) is 1. The van der Waals surface area contributed by atoms with Crippen LogP contribution in [0.2, 0.25) is 0 Å². The number of hydrogen-bond donors (Lipinski definition) is 3. The van der Waals surface area contributed by atoms with Crippen molar-refractivity contribution in [1.82, 2.24) is 0 Å². The molecule has 0 bridgehead atoms. The van der Waals surface area contributed by atoms with Gasteiger partial charge in [0.15, 0.2) is 5.75 Å². The van der Waals surface area contributed by atoms with Gasteiger partial charge in [0, 0.05) is 0 Å². The number of halogens is 3. The molecular weight excluding hydrogens is 633 g/mol. The molecule has 0 heterocycles. The Morgan fingerprint density at radius 2 is 1.74 bits per heavy atom. The van der Waals surface area contributed by atoms with Gasteiger partial charge in [0.1, 0.15) is 17.5 Å². The van der Waals surface area contributed by atoms with Crippen molar-refractivity contribution in [3.8, 4) is 17.2 Å². The lowest BCUT2D eigenvalue weighted by Gasteiger charge is -2.13. The van der Waals surface area contributed by atoms with Crippen LogP contribution in [0.5, 0.6) is 17.2 Å². The molecule has 0 amide bonds. The molecule has 5 nitrogen and oxygen atoms in total. The first-order valence-corrected chi connectivity index (χ1v) is 9.64. The summed E-state index contributed by atoms with van der Waals surface area (Å²) in [7, 11) is 0. The quantitative estimate of drug-likeness (QED) is 0.429. The van der Waals surface area contributed by atoms with Gasteiger partial charge in [0.25, 0.3) is 0 Å². The van der Waals surface area contributed by atoms with E-state index in [1.54, 1.807) is 18.2 Å². The Morgan fingerprint density at radius 3 is 2.26 bits per heavy atom. The van der Waals surface area contributed by atoms with Crippen molar-refractivity contribution >= 4 is 73.7 Å². The van der Waals surface area contributed by atoms with Crippen LogP contribution in [0, 0.1) is 10.7 Å². The summed E-state index contributed by atoms with van der Waals surface area (Å²) in [6, 6.07) is 7.83. The van der Waals surface area contributed by atoms with E-state index in [4.69, 9.17) is 15.6 Å². The number of aromatic hydroxyl groups is 1. The molecule has 4 N–H and O–H groups in total. The molecule has 0 spiro atoms. The van der Waals surface area contributed by atoms with Crippen LogP contribution in [0.25, 0.3) is 0 Å². The first-order valence-electron chi connectivity index (χ1n) is 6.40. The van der Waals surface area contributed by atoms with E-state index in [-0.39, 0.29) is 12.2 Å². The molecule has 0 saturated heterocycles. The smallest absolute Gasteiger partial charge is 0.320 e. The van der Waals surface area contributed by atoms with Gasteiger partial charge in [-0.1, -0.05) is 0 Å². The van der Waals surface area contributed by atoms with E-state index < -0.39 is 12.0 Å². The number of carboxylic acid groups (broad SMARTS) is 1. The molecule has 2 aromatic carbocycles. The molecule has 1 unspecified atom stereocenters. The van der Waals surface area contributed by atoms with Crippen molar-refractivity contribution < 1.29 is 19.7 Å². The van der Waals surface area contributed by atoms with Gasteiger partial charge in [-0.3, -0.25) is 4.79 Å². The van der Waals surface area contributed by atoms with E-state index in [1.165, 1.54) is 0 Å². The summed E-state index contributed by atoms with van der Waals surface area (Å²) >= 11 is 6.33. The summed E-state index contributed by atoms with van der Waals surface area (Å²) in [5.41, 5.74) is 6.43. The Balaban J connectivity index is 2.26. The lowest BCUT2D eigenvalue weighted by Crippen LogP contribution is -2.32. The molecule has 0 aliphatic rings. The van der Waals surface area contributed by atoms with Gasteiger partial charge < -0.3 is 20.7 Å². The van der Waals surface area contributed by atoms with Gasteiger partial charge in [0.05, 0.1) is 10.7 Å². The summed E-state index contributed by atoms with van der Waals surface area (Å²) in [5.74, 6) is 0.507. The zero-order chi connectivity index (χ0) is 17.1. The number of carbonyl (C=O) groups is 1. The van der Waals surface area contributed by atoms with Gasteiger partial charge in [-0.05, 0) is 110 Å². The Kier molecular flexibility index (Phi) is 6.74. The molecule has 0 aliphatic heterocycles. The molecule has 1 atom stereocenters. The molecule has 23 heavy (non-hydrogen) atoms.